The fourth-order valence-electron chi connectivity index (χ4n) is 3.90. The van der Waals surface area contributed by atoms with Gasteiger partial charge in [0.1, 0.15) is 11.5 Å². The Labute approximate surface area is 194 Å². The fourth-order valence-corrected chi connectivity index (χ4v) is 5.90. The second-order valence-electron chi connectivity index (χ2n) is 7.62. The monoisotopic (exact) mass is 480 g/mol. The number of anilines is 1. The molecule has 0 spiro atoms. The molecule has 9 heteroatoms. The van der Waals surface area contributed by atoms with E-state index in [2.05, 4.69) is 5.32 Å². The zero-order valence-corrected chi connectivity index (χ0v) is 19.9. The van der Waals surface area contributed by atoms with Crippen molar-refractivity contribution >= 4 is 33.2 Å². The van der Waals surface area contributed by atoms with Crippen LogP contribution in [0.4, 0.5) is 5.69 Å². The smallest absolute Gasteiger partial charge is 0.243 e. The molecule has 1 aliphatic rings. The summed E-state index contributed by atoms with van der Waals surface area (Å²) in [5, 5.41) is 3.00. The molecule has 1 saturated carbocycles. The minimum absolute atomic E-state index is 0.0383. The number of benzene rings is 2. The molecule has 1 fully saturated rings. The highest BCUT2D eigenvalue weighted by atomic mass is 35.5. The van der Waals surface area contributed by atoms with E-state index in [4.69, 9.17) is 21.1 Å². The lowest BCUT2D eigenvalue weighted by Crippen LogP contribution is -2.45. The Morgan fingerprint density at radius 1 is 1.12 bits per heavy atom. The number of nitrogens with zero attached hydrogens (tertiary/aromatic N) is 1. The van der Waals surface area contributed by atoms with E-state index in [-0.39, 0.29) is 22.5 Å². The maximum absolute atomic E-state index is 13.6. The van der Waals surface area contributed by atoms with Crippen LogP contribution in [0.25, 0.3) is 0 Å². The lowest BCUT2D eigenvalue weighted by atomic mass is 9.95. The number of rotatable bonds is 9. The van der Waals surface area contributed by atoms with Gasteiger partial charge in [-0.05, 0) is 50.1 Å². The standard InChI is InChI=1S/C23H29ClN2O5S/c1-3-31-22-12-8-7-11-20(22)25-23(27)16-26(17-9-5-4-6-10-17)32(28,29)18-13-14-21(30-2)19(24)15-18/h7-8,11-15,17H,3-6,9-10,16H2,1-2H3,(H,25,27). The van der Waals surface area contributed by atoms with Gasteiger partial charge in [0.2, 0.25) is 15.9 Å². The largest absolute Gasteiger partial charge is 0.495 e. The van der Waals surface area contributed by atoms with E-state index in [0.29, 0.717) is 36.6 Å². The van der Waals surface area contributed by atoms with Crippen LogP contribution in [0.2, 0.25) is 5.02 Å². The highest BCUT2D eigenvalue weighted by molar-refractivity contribution is 7.89. The second-order valence-corrected chi connectivity index (χ2v) is 9.91. The third-order valence-corrected chi connectivity index (χ3v) is 7.66. The van der Waals surface area contributed by atoms with Crippen LogP contribution < -0.4 is 14.8 Å². The number of ether oxygens (including phenoxy) is 2. The summed E-state index contributed by atoms with van der Waals surface area (Å²) in [6.45, 7) is 2.01. The number of hydrogen-bond donors (Lipinski definition) is 1. The molecule has 2 aromatic rings. The summed E-state index contributed by atoms with van der Waals surface area (Å²) in [5.74, 6) is 0.503. The average Bonchev–Trinajstić information content (AvgIpc) is 2.79. The average molecular weight is 481 g/mol. The molecule has 3 rings (SSSR count). The van der Waals surface area contributed by atoms with Crippen molar-refractivity contribution in [3.8, 4) is 11.5 Å². The van der Waals surface area contributed by atoms with Gasteiger partial charge >= 0.3 is 0 Å². The van der Waals surface area contributed by atoms with Gasteiger partial charge in [-0.1, -0.05) is 43.0 Å². The van der Waals surface area contributed by atoms with Gasteiger partial charge in [-0.25, -0.2) is 8.42 Å². The van der Waals surface area contributed by atoms with Gasteiger partial charge in [-0.2, -0.15) is 4.31 Å². The van der Waals surface area contributed by atoms with Crippen molar-refractivity contribution in [2.45, 2.75) is 50.0 Å². The predicted octanol–water partition coefficient (Wildman–Crippen LogP) is 4.71. The third kappa shape index (κ3) is 5.74. The third-order valence-electron chi connectivity index (χ3n) is 5.47. The molecule has 0 atom stereocenters. The molecule has 1 N–H and O–H groups in total. The molecular weight excluding hydrogens is 452 g/mol. The van der Waals surface area contributed by atoms with E-state index in [0.717, 1.165) is 19.3 Å². The van der Waals surface area contributed by atoms with Crippen LogP contribution in [0.1, 0.15) is 39.0 Å². The molecule has 0 unspecified atom stereocenters. The molecular formula is C23H29ClN2O5S. The van der Waals surface area contributed by atoms with Crippen molar-refractivity contribution in [2.24, 2.45) is 0 Å². The fraction of sp³-hybridized carbons (Fsp3) is 0.435. The van der Waals surface area contributed by atoms with Crippen molar-refractivity contribution < 1.29 is 22.7 Å². The Bertz CT molecular complexity index is 1040. The minimum atomic E-state index is -3.95. The summed E-state index contributed by atoms with van der Waals surface area (Å²) in [7, 11) is -2.49. The molecule has 7 nitrogen and oxygen atoms in total. The minimum Gasteiger partial charge on any atom is -0.495 e. The maximum Gasteiger partial charge on any atom is 0.243 e. The maximum atomic E-state index is 13.6. The van der Waals surface area contributed by atoms with Crippen molar-refractivity contribution in [1.29, 1.82) is 0 Å². The van der Waals surface area contributed by atoms with Crippen molar-refractivity contribution in [3.05, 3.63) is 47.5 Å². The van der Waals surface area contributed by atoms with Gasteiger partial charge in [0.05, 0.1) is 35.9 Å². The van der Waals surface area contributed by atoms with Crippen LogP contribution in [0.5, 0.6) is 11.5 Å². The second kappa shape index (κ2) is 11.0. The van der Waals surface area contributed by atoms with Gasteiger partial charge < -0.3 is 14.8 Å². The van der Waals surface area contributed by atoms with E-state index in [1.54, 1.807) is 18.2 Å². The van der Waals surface area contributed by atoms with E-state index in [1.807, 2.05) is 13.0 Å². The number of nitrogens with one attached hydrogen (secondary N) is 1. The Morgan fingerprint density at radius 2 is 1.84 bits per heavy atom. The molecule has 0 aliphatic heterocycles. The van der Waals surface area contributed by atoms with Crippen LogP contribution >= 0.6 is 11.6 Å². The van der Waals surface area contributed by atoms with Gasteiger partial charge in [-0.15, -0.1) is 0 Å². The molecule has 1 aliphatic carbocycles. The summed E-state index contributed by atoms with van der Waals surface area (Å²) in [5.41, 5.74) is 0.507. The van der Waals surface area contributed by atoms with Crippen LogP contribution in [-0.4, -0.2) is 44.9 Å². The summed E-state index contributed by atoms with van der Waals surface area (Å²) in [6, 6.07) is 11.2. The Morgan fingerprint density at radius 3 is 2.50 bits per heavy atom. The quantitative estimate of drug-likeness (QED) is 0.561. The summed E-state index contributed by atoms with van der Waals surface area (Å²) >= 11 is 6.19. The molecule has 0 radical (unpaired) electrons. The van der Waals surface area contributed by atoms with E-state index in [1.165, 1.54) is 29.6 Å². The molecule has 0 aromatic heterocycles. The first kappa shape index (κ1) is 24.4. The highest BCUT2D eigenvalue weighted by Crippen LogP contribution is 2.32. The van der Waals surface area contributed by atoms with E-state index >= 15 is 0 Å². The zero-order valence-electron chi connectivity index (χ0n) is 18.3. The van der Waals surface area contributed by atoms with Crippen LogP contribution in [0.15, 0.2) is 47.4 Å². The molecule has 2 aromatic carbocycles. The van der Waals surface area contributed by atoms with Crippen molar-refractivity contribution in [1.82, 2.24) is 4.31 Å². The normalized spacial score (nSPS) is 14.9. The zero-order chi connectivity index (χ0) is 23.1. The molecule has 32 heavy (non-hydrogen) atoms. The summed E-state index contributed by atoms with van der Waals surface area (Å²) < 4.78 is 39.1. The number of carbonyl (C=O) groups is 1. The van der Waals surface area contributed by atoms with Gasteiger partial charge in [0.15, 0.2) is 0 Å². The number of para-hydroxylation sites is 2. The molecule has 1 amide bonds. The van der Waals surface area contributed by atoms with Gasteiger partial charge in [0.25, 0.3) is 0 Å². The first-order valence-electron chi connectivity index (χ1n) is 10.7. The van der Waals surface area contributed by atoms with E-state index < -0.39 is 15.9 Å². The Kier molecular flexibility index (Phi) is 8.39. The number of hydrogen-bond acceptors (Lipinski definition) is 5. The molecule has 174 valence electrons. The van der Waals surface area contributed by atoms with Gasteiger partial charge in [-0.3, -0.25) is 4.79 Å². The Balaban J connectivity index is 1.87. The summed E-state index contributed by atoms with van der Waals surface area (Å²) in [6.07, 6.45) is 4.34. The van der Waals surface area contributed by atoms with Crippen LogP contribution in [0, 0.1) is 0 Å². The Hall–Kier alpha value is -2.29. The first-order valence-corrected chi connectivity index (χ1v) is 12.6. The van der Waals surface area contributed by atoms with Crippen molar-refractivity contribution in [3.63, 3.8) is 0 Å². The molecule has 0 saturated heterocycles. The van der Waals surface area contributed by atoms with Crippen molar-refractivity contribution in [2.75, 3.05) is 25.6 Å². The van der Waals surface area contributed by atoms with E-state index in [9.17, 15) is 13.2 Å². The lowest BCUT2D eigenvalue weighted by Gasteiger charge is -2.33. The lowest BCUT2D eigenvalue weighted by molar-refractivity contribution is -0.116. The number of methoxy groups -OCH3 is 1. The first-order chi connectivity index (χ1) is 15.4. The topological polar surface area (TPSA) is 84.9 Å². The highest BCUT2D eigenvalue weighted by Gasteiger charge is 2.34. The van der Waals surface area contributed by atoms with Crippen LogP contribution in [0.3, 0.4) is 0 Å². The number of amides is 1. The predicted molar refractivity (Wildman–Crippen MR) is 125 cm³/mol. The summed E-state index contributed by atoms with van der Waals surface area (Å²) in [4.78, 5) is 13.0. The molecule has 0 bridgehead atoms. The van der Waals surface area contributed by atoms with Crippen LogP contribution in [-0.2, 0) is 14.8 Å². The number of sulfonamides is 1. The molecule has 0 heterocycles. The number of halogens is 1. The van der Waals surface area contributed by atoms with Gasteiger partial charge in [0, 0.05) is 6.04 Å². The SMILES string of the molecule is CCOc1ccccc1NC(=O)CN(C1CCCCC1)S(=O)(=O)c1ccc(OC)c(Cl)c1. The number of carbonyl (C=O) groups excluding carboxylic acids is 1.